The van der Waals surface area contributed by atoms with E-state index in [1.807, 2.05) is 12.1 Å². The van der Waals surface area contributed by atoms with Crippen LogP contribution in [0.25, 0.3) is 0 Å². The van der Waals surface area contributed by atoms with Crippen molar-refractivity contribution in [3.63, 3.8) is 0 Å². The van der Waals surface area contributed by atoms with Crippen molar-refractivity contribution in [2.24, 2.45) is 11.1 Å². The largest absolute Gasteiger partial charge is 0.326 e. The first kappa shape index (κ1) is 16.1. The third-order valence-electron chi connectivity index (χ3n) is 3.16. The first-order chi connectivity index (χ1) is 8.62. The minimum Gasteiger partial charge on any atom is -0.326 e. The molecule has 1 aromatic carbocycles. The second kappa shape index (κ2) is 6.03. The number of nitrogens with two attached hydrogens (primary N) is 1. The molecule has 0 fully saturated rings. The molecule has 0 spiro atoms. The molecule has 3 N–H and O–H groups in total. The van der Waals surface area contributed by atoms with Gasteiger partial charge in [-0.1, -0.05) is 39.0 Å². The molecule has 0 heterocycles. The third-order valence-corrected chi connectivity index (χ3v) is 4.36. The maximum atomic E-state index is 11.7. The van der Waals surface area contributed by atoms with Gasteiger partial charge >= 0.3 is 0 Å². The van der Waals surface area contributed by atoms with Gasteiger partial charge < -0.3 is 11.1 Å². The van der Waals surface area contributed by atoms with Crippen LogP contribution in [0, 0.1) is 5.41 Å². The lowest BCUT2D eigenvalue weighted by Gasteiger charge is -2.27. The summed E-state index contributed by atoms with van der Waals surface area (Å²) in [6, 6.07) is 7.07. The monoisotopic (exact) mass is 284 g/mol. The molecule has 0 amide bonds. The predicted octanol–water partition coefficient (Wildman–Crippen LogP) is 1.55. The number of sulfone groups is 1. The van der Waals surface area contributed by atoms with Gasteiger partial charge in [0.2, 0.25) is 0 Å². The van der Waals surface area contributed by atoms with Crippen molar-refractivity contribution >= 4 is 9.84 Å². The lowest BCUT2D eigenvalue weighted by Crippen LogP contribution is -2.43. The Morgan fingerprint density at radius 1 is 1.26 bits per heavy atom. The summed E-state index contributed by atoms with van der Waals surface area (Å²) in [5.74, 6) is 0. The number of hydrogen-bond donors (Lipinski definition) is 2. The molecule has 19 heavy (non-hydrogen) atoms. The highest BCUT2D eigenvalue weighted by Gasteiger charge is 2.20. The fraction of sp³-hybridized carbons (Fsp3) is 0.571. The highest BCUT2D eigenvalue weighted by Crippen LogP contribution is 2.17. The van der Waals surface area contributed by atoms with E-state index in [4.69, 9.17) is 5.73 Å². The molecule has 4 nitrogen and oxygen atoms in total. The van der Waals surface area contributed by atoms with Gasteiger partial charge in [-0.05, 0) is 17.0 Å². The van der Waals surface area contributed by atoms with Crippen molar-refractivity contribution in [3.05, 3.63) is 29.8 Å². The van der Waals surface area contributed by atoms with E-state index in [-0.39, 0.29) is 11.5 Å². The number of rotatable bonds is 5. The Balaban J connectivity index is 2.70. The number of hydrogen-bond acceptors (Lipinski definition) is 4. The van der Waals surface area contributed by atoms with Crippen LogP contribution in [0.3, 0.4) is 0 Å². The summed E-state index contributed by atoms with van der Waals surface area (Å²) in [6.45, 7) is 7.42. The van der Waals surface area contributed by atoms with Crippen LogP contribution in [0.2, 0.25) is 0 Å². The fourth-order valence-electron chi connectivity index (χ4n) is 1.68. The van der Waals surface area contributed by atoms with Gasteiger partial charge in [0.15, 0.2) is 9.84 Å². The molecule has 1 atom stereocenters. The van der Waals surface area contributed by atoms with Crippen LogP contribution in [0.4, 0.5) is 0 Å². The Bertz CT molecular complexity index is 518. The Morgan fingerprint density at radius 2 is 1.84 bits per heavy atom. The van der Waals surface area contributed by atoms with Crippen molar-refractivity contribution in [3.8, 4) is 0 Å². The Labute approximate surface area is 116 Å². The van der Waals surface area contributed by atoms with Crippen LogP contribution in [0.1, 0.15) is 26.3 Å². The second-order valence-corrected chi connectivity index (χ2v) is 7.97. The van der Waals surface area contributed by atoms with Crippen LogP contribution < -0.4 is 11.1 Å². The zero-order valence-corrected chi connectivity index (χ0v) is 12.9. The highest BCUT2D eigenvalue weighted by atomic mass is 32.2. The molecule has 0 aliphatic rings. The summed E-state index contributed by atoms with van der Waals surface area (Å²) in [7, 11) is -3.18. The summed E-state index contributed by atoms with van der Waals surface area (Å²) >= 11 is 0. The van der Waals surface area contributed by atoms with Crippen molar-refractivity contribution in [1.82, 2.24) is 5.32 Å². The Morgan fingerprint density at radius 3 is 2.37 bits per heavy atom. The smallest absolute Gasteiger partial charge is 0.175 e. The summed E-state index contributed by atoms with van der Waals surface area (Å²) < 4.78 is 23.3. The standard InChI is InChI=1S/C14H24N2O2S/c1-14(2,3)13(15)10-16-9-11-7-5-6-8-12(11)19(4,17)18/h5-8,13,16H,9-10,15H2,1-4H3/t13-/m1/s1. The maximum Gasteiger partial charge on any atom is 0.175 e. The zero-order valence-electron chi connectivity index (χ0n) is 12.1. The van der Waals surface area contributed by atoms with E-state index in [1.165, 1.54) is 6.26 Å². The second-order valence-electron chi connectivity index (χ2n) is 5.98. The van der Waals surface area contributed by atoms with Crippen LogP contribution in [-0.4, -0.2) is 27.3 Å². The molecule has 0 aliphatic carbocycles. The summed E-state index contributed by atoms with van der Waals surface area (Å²) in [6.07, 6.45) is 1.23. The fourth-order valence-corrected chi connectivity index (χ4v) is 2.62. The van der Waals surface area contributed by atoms with Crippen LogP contribution in [0.15, 0.2) is 29.2 Å². The quantitative estimate of drug-likeness (QED) is 0.860. The molecule has 0 saturated heterocycles. The third kappa shape index (κ3) is 4.93. The van der Waals surface area contributed by atoms with Crippen molar-refractivity contribution in [2.45, 2.75) is 38.3 Å². The van der Waals surface area contributed by atoms with Gasteiger partial charge in [-0.25, -0.2) is 8.42 Å². The molecule has 0 unspecified atom stereocenters. The van der Waals surface area contributed by atoms with Crippen LogP contribution in [0.5, 0.6) is 0 Å². The molecule has 0 saturated carbocycles. The first-order valence-corrected chi connectivity index (χ1v) is 8.26. The van der Waals surface area contributed by atoms with Gasteiger partial charge in [0.25, 0.3) is 0 Å². The molecule has 5 heteroatoms. The summed E-state index contributed by atoms with van der Waals surface area (Å²) in [5, 5.41) is 3.23. The molecule has 0 aromatic heterocycles. The van der Waals surface area contributed by atoms with Gasteiger partial charge in [-0.15, -0.1) is 0 Å². The molecule has 1 aromatic rings. The molecule has 0 aliphatic heterocycles. The van der Waals surface area contributed by atoms with E-state index < -0.39 is 9.84 Å². The molecular formula is C14H24N2O2S. The minimum absolute atomic E-state index is 0.0258. The van der Waals surface area contributed by atoms with Gasteiger partial charge in [0, 0.05) is 25.4 Å². The molecule has 108 valence electrons. The average molecular weight is 284 g/mol. The maximum absolute atomic E-state index is 11.7. The Hall–Kier alpha value is -0.910. The number of nitrogens with one attached hydrogen (secondary N) is 1. The lowest BCUT2D eigenvalue weighted by molar-refractivity contribution is 0.309. The van der Waals surface area contributed by atoms with Gasteiger partial charge in [-0.3, -0.25) is 0 Å². The van der Waals surface area contributed by atoms with E-state index >= 15 is 0 Å². The van der Waals surface area contributed by atoms with Crippen LogP contribution in [-0.2, 0) is 16.4 Å². The van der Waals surface area contributed by atoms with Crippen molar-refractivity contribution < 1.29 is 8.42 Å². The molecule has 0 radical (unpaired) electrons. The Kier molecular flexibility index (Phi) is 5.12. The lowest BCUT2D eigenvalue weighted by atomic mass is 9.87. The predicted molar refractivity (Wildman–Crippen MR) is 78.7 cm³/mol. The summed E-state index contributed by atoms with van der Waals surface area (Å²) in [4.78, 5) is 0.381. The van der Waals surface area contributed by atoms with Gasteiger partial charge in [0.05, 0.1) is 4.90 Å². The highest BCUT2D eigenvalue weighted by molar-refractivity contribution is 7.90. The summed E-state index contributed by atoms with van der Waals surface area (Å²) in [5.41, 5.74) is 6.87. The zero-order chi connectivity index (χ0) is 14.7. The number of benzene rings is 1. The van der Waals surface area contributed by atoms with Crippen molar-refractivity contribution in [2.75, 3.05) is 12.8 Å². The van der Waals surface area contributed by atoms with Gasteiger partial charge in [-0.2, -0.15) is 0 Å². The van der Waals surface area contributed by atoms with E-state index in [1.54, 1.807) is 12.1 Å². The molecular weight excluding hydrogens is 260 g/mol. The van der Waals surface area contributed by atoms with Crippen molar-refractivity contribution in [1.29, 1.82) is 0 Å². The minimum atomic E-state index is -3.18. The SMILES string of the molecule is CC(C)(C)[C@H](N)CNCc1ccccc1S(C)(=O)=O. The van der Waals surface area contributed by atoms with Crippen LogP contribution >= 0.6 is 0 Å². The van der Waals surface area contributed by atoms with E-state index in [2.05, 4.69) is 26.1 Å². The van der Waals surface area contributed by atoms with E-state index in [9.17, 15) is 8.42 Å². The topological polar surface area (TPSA) is 72.2 Å². The van der Waals surface area contributed by atoms with E-state index in [0.717, 1.165) is 5.56 Å². The van der Waals surface area contributed by atoms with E-state index in [0.29, 0.717) is 18.0 Å². The molecule has 0 bridgehead atoms. The molecule has 1 rings (SSSR count). The van der Waals surface area contributed by atoms with Gasteiger partial charge in [0.1, 0.15) is 0 Å². The normalized spacial score (nSPS) is 14.4. The average Bonchev–Trinajstić information content (AvgIpc) is 2.27. The first-order valence-electron chi connectivity index (χ1n) is 6.36.